The molecule has 5 rings (SSSR count). The minimum atomic E-state index is -0.298. The summed E-state index contributed by atoms with van der Waals surface area (Å²) in [5, 5.41) is 0. The maximum Gasteiger partial charge on any atom is 0.254 e. The molecule has 1 aromatic heterocycles. The van der Waals surface area contributed by atoms with E-state index in [2.05, 4.69) is 35.8 Å². The molecule has 1 unspecified atom stereocenters. The molecule has 2 heterocycles. The Kier molecular flexibility index (Phi) is 6.00. The molecule has 4 aromatic rings. The van der Waals surface area contributed by atoms with E-state index in [-0.39, 0.29) is 30.4 Å². The number of rotatable bonds is 5. The summed E-state index contributed by atoms with van der Waals surface area (Å²) >= 11 is 0. The average Bonchev–Trinajstić information content (AvgIpc) is 3.36. The second kappa shape index (κ2) is 9.26. The number of para-hydroxylation sites is 2. The Morgan fingerprint density at radius 2 is 1.57 bits per heavy atom. The fraction of sp³-hybridized carbons (Fsp3) is 0.200. The Labute approximate surface area is 206 Å². The maximum atomic E-state index is 14.1. The molecular formula is C30H29N3O2. The van der Waals surface area contributed by atoms with E-state index in [4.69, 9.17) is 0 Å². The second-order valence-electron chi connectivity index (χ2n) is 9.27. The fourth-order valence-electron chi connectivity index (χ4n) is 4.87. The summed E-state index contributed by atoms with van der Waals surface area (Å²) in [6, 6.07) is 29.0. The number of aryl methyl sites for hydroxylation is 1. The van der Waals surface area contributed by atoms with Crippen LogP contribution in [0.2, 0.25) is 0 Å². The van der Waals surface area contributed by atoms with Crippen LogP contribution in [0.3, 0.4) is 0 Å². The number of hydrogen-bond donors (Lipinski definition) is 0. The highest BCUT2D eigenvalue weighted by Crippen LogP contribution is 2.42. The van der Waals surface area contributed by atoms with Crippen molar-refractivity contribution in [3.8, 4) is 5.69 Å². The van der Waals surface area contributed by atoms with E-state index in [1.807, 2.05) is 79.5 Å². The van der Waals surface area contributed by atoms with Crippen molar-refractivity contribution in [2.75, 3.05) is 11.4 Å². The molecule has 3 aromatic carbocycles. The third-order valence-electron chi connectivity index (χ3n) is 6.56. The molecule has 5 nitrogen and oxygen atoms in total. The Morgan fingerprint density at radius 3 is 2.29 bits per heavy atom. The maximum absolute atomic E-state index is 14.1. The van der Waals surface area contributed by atoms with Gasteiger partial charge in [0.25, 0.3) is 5.91 Å². The normalized spacial score (nSPS) is 14.4. The lowest BCUT2D eigenvalue weighted by atomic mass is 9.96. The highest BCUT2D eigenvalue weighted by atomic mass is 16.2. The number of benzene rings is 3. The van der Waals surface area contributed by atoms with Gasteiger partial charge >= 0.3 is 0 Å². The number of carbonyl (C=O) groups excluding carboxylic acids is 2. The van der Waals surface area contributed by atoms with Crippen molar-refractivity contribution < 1.29 is 9.59 Å². The van der Waals surface area contributed by atoms with Crippen LogP contribution in [0.15, 0.2) is 97.2 Å². The van der Waals surface area contributed by atoms with Crippen LogP contribution >= 0.6 is 0 Å². The van der Waals surface area contributed by atoms with E-state index in [1.165, 1.54) is 0 Å². The Balaban J connectivity index is 1.59. The number of amides is 2. The molecule has 0 N–H and O–H groups in total. The van der Waals surface area contributed by atoms with Gasteiger partial charge in [0.2, 0.25) is 5.91 Å². The number of fused-ring (bicyclic) bond motifs is 3. The zero-order valence-electron chi connectivity index (χ0n) is 20.3. The third kappa shape index (κ3) is 4.14. The number of hydrogen-bond acceptors (Lipinski definition) is 2. The van der Waals surface area contributed by atoms with Crippen LogP contribution < -0.4 is 4.90 Å². The molecule has 0 spiro atoms. The van der Waals surface area contributed by atoms with Crippen LogP contribution in [-0.2, 0) is 4.79 Å². The van der Waals surface area contributed by atoms with Gasteiger partial charge in [0.15, 0.2) is 0 Å². The molecule has 1 aliphatic rings. The topological polar surface area (TPSA) is 45.6 Å². The van der Waals surface area contributed by atoms with Crippen molar-refractivity contribution in [2.24, 2.45) is 0 Å². The first-order valence-corrected chi connectivity index (χ1v) is 12.0. The molecule has 1 aliphatic heterocycles. The third-order valence-corrected chi connectivity index (χ3v) is 6.56. The zero-order valence-corrected chi connectivity index (χ0v) is 20.3. The molecule has 0 saturated heterocycles. The molecular weight excluding hydrogens is 434 g/mol. The van der Waals surface area contributed by atoms with Crippen molar-refractivity contribution in [1.29, 1.82) is 0 Å². The summed E-state index contributed by atoms with van der Waals surface area (Å²) in [4.78, 5) is 31.0. The highest BCUT2D eigenvalue weighted by molar-refractivity contribution is 6.02. The van der Waals surface area contributed by atoms with Gasteiger partial charge in [0.05, 0.1) is 17.1 Å². The lowest BCUT2D eigenvalue weighted by Crippen LogP contribution is -2.48. The van der Waals surface area contributed by atoms with Gasteiger partial charge in [0.1, 0.15) is 12.6 Å². The van der Waals surface area contributed by atoms with Crippen LogP contribution in [0.5, 0.6) is 0 Å². The first kappa shape index (κ1) is 22.7. The zero-order chi connectivity index (χ0) is 24.5. The van der Waals surface area contributed by atoms with Crippen LogP contribution in [-0.4, -0.2) is 33.9 Å². The Bertz CT molecular complexity index is 1370. The first-order chi connectivity index (χ1) is 17.0. The van der Waals surface area contributed by atoms with Gasteiger partial charge in [-0.05, 0) is 62.7 Å². The Hall–Kier alpha value is -4.12. The highest BCUT2D eigenvalue weighted by Gasteiger charge is 2.37. The van der Waals surface area contributed by atoms with Crippen LogP contribution in [0.1, 0.15) is 47.1 Å². The molecule has 0 radical (unpaired) electrons. The largest absolute Gasteiger partial charge is 0.327 e. The Morgan fingerprint density at radius 1 is 0.857 bits per heavy atom. The van der Waals surface area contributed by atoms with E-state index >= 15 is 0 Å². The molecule has 0 bridgehead atoms. The predicted molar refractivity (Wildman–Crippen MR) is 139 cm³/mol. The van der Waals surface area contributed by atoms with Gasteiger partial charge in [-0.3, -0.25) is 14.5 Å². The fourth-order valence-corrected chi connectivity index (χ4v) is 4.87. The number of aromatic nitrogens is 1. The van der Waals surface area contributed by atoms with E-state index in [9.17, 15) is 9.59 Å². The van der Waals surface area contributed by atoms with Crippen LogP contribution in [0.25, 0.3) is 5.69 Å². The van der Waals surface area contributed by atoms with Gasteiger partial charge in [-0.2, -0.15) is 0 Å². The summed E-state index contributed by atoms with van der Waals surface area (Å²) < 4.78 is 2.15. The smallest absolute Gasteiger partial charge is 0.254 e. The van der Waals surface area contributed by atoms with Crippen molar-refractivity contribution in [3.63, 3.8) is 0 Å². The molecule has 5 heteroatoms. The summed E-state index contributed by atoms with van der Waals surface area (Å²) in [7, 11) is 0. The minimum absolute atomic E-state index is 0.0112. The lowest BCUT2D eigenvalue weighted by Gasteiger charge is -2.40. The summed E-state index contributed by atoms with van der Waals surface area (Å²) in [6.45, 7) is 5.94. The quantitative estimate of drug-likeness (QED) is 0.377. The second-order valence-corrected chi connectivity index (χ2v) is 9.27. The van der Waals surface area contributed by atoms with Crippen molar-refractivity contribution in [1.82, 2.24) is 9.47 Å². The van der Waals surface area contributed by atoms with Gasteiger partial charge in [-0.25, -0.2) is 0 Å². The van der Waals surface area contributed by atoms with E-state index in [0.717, 1.165) is 28.2 Å². The summed E-state index contributed by atoms with van der Waals surface area (Å²) in [5.74, 6) is -0.260. The van der Waals surface area contributed by atoms with Crippen molar-refractivity contribution >= 4 is 17.5 Å². The molecule has 0 fully saturated rings. The van der Waals surface area contributed by atoms with E-state index in [1.54, 1.807) is 17.0 Å². The number of nitrogens with zero attached hydrogens (tertiary/aromatic N) is 3. The minimum Gasteiger partial charge on any atom is -0.327 e. The van der Waals surface area contributed by atoms with Gasteiger partial charge in [-0.1, -0.05) is 60.2 Å². The average molecular weight is 464 g/mol. The molecule has 0 saturated carbocycles. The monoisotopic (exact) mass is 463 g/mol. The standard InChI is InChI=1S/C30H29N3O2/c1-21(2)32(30(35)23-12-5-4-6-13-23)20-28(34)33-26-16-8-7-15-25(26)31-18-10-17-27(31)29(33)24-14-9-11-22(3)19-24/h4-19,21,29H,20H2,1-3H3. The molecule has 1 atom stereocenters. The predicted octanol–water partition coefficient (Wildman–Crippen LogP) is 5.77. The van der Waals surface area contributed by atoms with Crippen LogP contribution in [0.4, 0.5) is 5.69 Å². The number of anilines is 1. The van der Waals surface area contributed by atoms with Gasteiger partial charge in [0, 0.05) is 17.8 Å². The van der Waals surface area contributed by atoms with Gasteiger partial charge in [-0.15, -0.1) is 0 Å². The van der Waals surface area contributed by atoms with Crippen molar-refractivity contribution in [3.05, 3.63) is 120 Å². The molecule has 2 amide bonds. The van der Waals surface area contributed by atoms with E-state index in [0.29, 0.717) is 5.56 Å². The lowest BCUT2D eigenvalue weighted by molar-refractivity contribution is -0.120. The van der Waals surface area contributed by atoms with Gasteiger partial charge < -0.3 is 9.47 Å². The SMILES string of the molecule is Cc1cccc(C2c3cccn3-c3ccccc3N2C(=O)CN(C(=O)c2ccccc2)C(C)C)c1. The first-order valence-electron chi connectivity index (χ1n) is 12.0. The van der Waals surface area contributed by atoms with Crippen molar-refractivity contribution in [2.45, 2.75) is 32.9 Å². The molecule has 0 aliphatic carbocycles. The molecule has 176 valence electrons. The van der Waals surface area contributed by atoms with E-state index < -0.39 is 0 Å². The van der Waals surface area contributed by atoms with Crippen LogP contribution in [0, 0.1) is 6.92 Å². The summed E-state index contributed by atoms with van der Waals surface area (Å²) in [5.41, 5.74) is 5.57. The summed E-state index contributed by atoms with van der Waals surface area (Å²) in [6.07, 6.45) is 2.04. The molecule has 35 heavy (non-hydrogen) atoms. The number of carbonyl (C=O) groups is 2.